The van der Waals surface area contributed by atoms with Gasteiger partial charge in [0.1, 0.15) is 6.61 Å². The Balaban J connectivity index is 2.55. The summed E-state index contributed by atoms with van der Waals surface area (Å²) in [5, 5.41) is 19.3. The highest BCUT2D eigenvalue weighted by Crippen LogP contribution is 2.16. The molecule has 0 amide bonds. The maximum Gasteiger partial charge on any atom is 0.340 e. The van der Waals surface area contributed by atoms with Crippen molar-refractivity contribution in [1.29, 1.82) is 0 Å². The molecule has 1 rings (SSSR count). The molecule has 0 spiro atoms. The van der Waals surface area contributed by atoms with Crippen molar-refractivity contribution < 1.29 is 19.7 Å². The van der Waals surface area contributed by atoms with E-state index in [0.29, 0.717) is 0 Å². The number of hydrogen-bond donors (Lipinski definition) is 2. The number of esters is 1. The molecule has 17 heavy (non-hydrogen) atoms. The van der Waals surface area contributed by atoms with Crippen LogP contribution in [0.25, 0.3) is 0 Å². The second kappa shape index (κ2) is 5.80. The van der Waals surface area contributed by atoms with E-state index < -0.39 is 17.7 Å². The van der Waals surface area contributed by atoms with Crippen molar-refractivity contribution >= 4 is 5.97 Å². The number of aliphatic hydroxyl groups is 2. The van der Waals surface area contributed by atoms with E-state index in [1.165, 1.54) is 6.92 Å². The van der Waals surface area contributed by atoms with Gasteiger partial charge in [0.15, 0.2) is 5.60 Å². The average molecular weight is 238 g/mol. The number of ether oxygens (including phenoxy) is 1. The van der Waals surface area contributed by atoms with Crippen LogP contribution in [0.3, 0.4) is 0 Å². The topological polar surface area (TPSA) is 66.8 Å². The maximum atomic E-state index is 11.6. The second-order valence-electron chi connectivity index (χ2n) is 4.13. The fourth-order valence-corrected chi connectivity index (χ4v) is 1.40. The maximum absolute atomic E-state index is 11.6. The van der Waals surface area contributed by atoms with Gasteiger partial charge in [0, 0.05) is 0 Å². The molecule has 4 heteroatoms. The SMILES string of the molecule is CC[C@@H](O)[C@](C)(O)C(=O)OCc1ccccc1. The Kier molecular flexibility index (Phi) is 4.66. The van der Waals surface area contributed by atoms with E-state index in [9.17, 15) is 15.0 Å². The van der Waals surface area contributed by atoms with Gasteiger partial charge in [-0.25, -0.2) is 4.79 Å². The van der Waals surface area contributed by atoms with Crippen molar-refractivity contribution in [2.45, 2.75) is 38.6 Å². The smallest absolute Gasteiger partial charge is 0.340 e. The van der Waals surface area contributed by atoms with E-state index in [-0.39, 0.29) is 13.0 Å². The minimum absolute atomic E-state index is 0.0895. The number of hydrogen-bond acceptors (Lipinski definition) is 4. The molecular formula is C13H18O4. The Morgan fingerprint density at radius 3 is 2.53 bits per heavy atom. The van der Waals surface area contributed by atoms with Crippen molar-refractivity contribution in [1.82, 2.24) is 0 Å². The van der Waals surface area contributed by atoms with E-state index in [0.717, 1.165) is 5.56 Å². The minimum atomic E-state index is -1.86. The molecule has 0 bridgehead atoms. The normalized spacial score (nSPS) is 16.0. The van der Waals surface area contributed by atoms with Gasteiger partial charge >= 0.3 is 5.97 Å². The summed E-state index contributed by atoms with van der Waals surface area (Å²) in [6, 6.07) is 9.17. The number of carbonyl (C=O) groups is 1. The van der Waals surface area contributed by atoms with Gasteiger partial charge in [-0.1, -0.05) is 37.3 Å². The van der Waals surface area contributed by atoms with E-state index in [2.05, 4.69) is 0 Å². The zero-order chi connectivity index (χ0) is 12.9. The lowest BCUT2D eigenvalue weighted by Crippen LogP contribution is -2.47. The summed E-state index contributed by atoms with van der Waals surface area (Å²) in [4.78, 5) is 11.6. The summed E-state index contributed by atoms with van der Waals surface area (Å²) in [5.41, 5.74) is -1.02. The molecule has 1 aromatic carbocycles. The summed E-state index contributed by atoms with van der Waals surface area (Å²) >= 11 is 0. The van der Waals surface area contributed by atoms with E-state index in [1.54, 1.807) is 6.92 Å². The highest BCUT2D eigenvalue weighted by atomic mass is 16.6. The fraction of sp³-hybridized carbons (Fsp3) is 0.462. The van der Waals surface area contributed by atoms with Crippen LogP contribution in [0.5, 0.6) is 0 Å². The van der Waals surface area contributed by atoms with Crippen LogP contribution in [0.1, 0.15) is 25.8 Å². The molecule has 0 aliphatic carbocycles. The molecule has 1 aromatic rings. The second-order valence-corrected chi connectivity index (χ2v) is 4.13. The number of aliphatic hydroxyl groups excluding tert-OH is 1. The minimum Gasteiger partial charge on any atom is -0.459 e. The molecule has 0 aromatic heterocycles. The highest BCUT2D eigenvalue weighted by Gasteiger charge is 2.38. The third kappa shape index (κ3) is 3.54. The van der Waals surface area contributed by atoms with E-state index in [1.807, 2.05) is 30.3 Å². The molecule has 0 saturated carbocycles. The fourth-order valence-electron chi connectivity index (χ4n) is 1.40. The van der Waals surface area contributed by atoms with Crippen molar-refractivity contribution in [3.05, 3.63) is 35.9 Å². The summed E-state index contributed by atoms with van der Waals surface area (Å²) in [6.07, 6.45) is -0.834. The Labute approximate surface area is 101 Å². The molecule has 0 radical (unpaired) electrons. The zero-order valence-corrected chi connectivity index (χ0v) is 10.1. The number of carbonyl (C=O) groups excluding carboxylic acids is 1. The summed E-state index contributed by atoms with van der Waals surface area (Å²) in [7, 11) is 0. The molecular weight excluding hydrogens is 220 g/mol. The lowest BCUT2D eigenvalue weighted by molar-refractivity contribution is -0.176. The highest BCUT2D eigenvalue weighted by molar-refractivity contribution is 5.79. The van der Waals surface area contributed by atoms with Crippen LogP contribution in [0.2, 0.25) is 0 Å². The van der Waals surface area contributed by atoms with Gasteiger partial charge in [0.25, 0.3) is 0 Å². The molecule has 0 unspecified atom stereocenters. The summed E-state index contributed by atoms with van der Waals surface area (Å²) in [5.74, 6) is -0.810. The van der Waals surface area contributed by atoms with Gasteiger partial charge in [0.2, 0.25) is 0 Å². The standard InChI is InChI=1S/C13H18O4/c1-3-11(14)13(2,16)12(15)17-9-10-7-5-4-6-8-10/h4-8,11,14,16H,3,9H2,1-2H3/t11-,13+/m1/s1. The van der Waals surface area contributed by atoms with Gasteiger partial charge < -0.3 is 14.9 Å². The van der Waals surface area contributed by atoms with Crippen LogP contribution in [0, 0.1) is 0 Å². The van der Waals surface area contributed by atoms with Crippen LogP contribution in [0.4, 0.5) is 0 Å². The van der Waals surface area contributed by atoms with E-state index >= 15 is 0 Å². The first-order valence-electron chi connectivity index (χ1n) is 5.60. The molecule has 4 nitrogen and oxygen atoms in total. The van der Waals surface area contributed by atoms with Gasteiger partial charge in [-0.2, -0.15) is 0 Å². The molecule has 94 valence electrons. The first-order chi connectivity index (χ1) is 7.98. The van der Waals surface area contributed by atoms with Gasteiger partial charge in [-0.05, 0) is 18.9 Å². The Bertz CT molecular complexity index is 359. The van der Waals surface area contributed by atoms with Crippen molar-refractivity contribution in [3.63, 3.8) is 0 Å². The number of benzene rings is 1. The van der Waals surface area contributed by atoms with E-state index in [4.69, 9.17) is 4.74 Å². The molecule has 0 fully saturated rings. The molecule has 0 saturated heterocycles. The molecule has 0 aliphatic rings. The van der Waals surface area contributed by atoms with Gasteiger partial charge in [0.05, 0.1) is 6.10 Å². The summed E-state index contributed by atoms with van der Waals surface area (Å²) < 4.78 is 4.97. The third-order valence-electron chi connectivity index (χ3n) is 2.66. The quantitative estimate of drug-likeness (QED) is 0.758. The van der Waals surface area contributed by atoms with Crippen LogP contribution < -0.4 is 0 Å². The van der Waals surface area contributed by atoms with Crippen LogP contribution in [0.15, 0.2) is 30.3 Å². The molecule has 2 N–H and O–H groups in total. The predicted octanol–water partition coefficient (Wildman–Crippen LogP) is 1.25. The monoisotopic (exact) mass is 238 g/mol. The Hall–Kier alpha value is -1.39. The molecule has 0 aliphatic heterocycles. The Morgan fingerprint density at radius 1 is 1.41 bits per heavy atom. The number of rotatable bonds is 5. The molecule has 2 atom stereocenters. The lowest BCUT2D eigenvalue weighted by Gasteiger charge is -2.25. The largest absolute Gasteiger partial charge is 0.459 e. The van der Waals surface area contributed by atoms with Gasteiger partial charge in [-0.15, -0.1) is 0 Å². The summed E-state index contributed by atoms with van der Waals surface area (Å²) in [6.45, 7) is 3.03. The van der Waals surface area contributed by atoms with Crippen LogP contribution in [-0.4, -0.2) is 27.9 Å². The van der Waals surface area contributed by atoms with Crippen LogP contribution >= 0.6 is 0 Å². The van der Waals surface area contributed by atoms with Gasteiger partial charge in [-0.3, -0.25) is 0 Å². The zero-order valence-electron chi connectivity index (χ0n) is 10.1. The van der Waals surface area contributed by atoms with Crippen molar-refractivity contribution in [2.75, 3.05) is 0 Å². The molecule has 0 heterocycles. The van der Waals surface area contributed by atoms with Crippen molar-refractivity contribution in [2.24, 2.45) is 0 Å². The van der Waals surface area contributed by atoms with Crippen LogP contribution in [-0.2, 0) is 16.1 Å². The third-order valence-corrected chi connectivity index (χ3v) is 2.66. The average Bonchev–Trinajstić information content (AvgIpc) is 2.35. The predicted molar refractivity (Wildman–Crippen MR) is 63.2 cm³/mol. The first kappa shape index (κ1) is 13.7. The Morgan fingerprint density at radius 2 is 2.00 bits per heavy atom. The first-order valence-corrected chi connectivity index (χ1v) is 5.60. The van der Waals surface area contributed by atoms with Crippen molar-refractivity contribution in [3.8, 4) is 0 Å². The lowest BCUT2D eigenvalue weighted by atomic mass is 9.97.